The standard InChI is InChI=1S/C11H15ClN2O/c12-9-1-2-11(15)8(5-9)6-14-4-3-10(13)7-14/h1-2,5,10,15H,3-4,6-7,13H2. The van der Waals surface area contributed by atoms with Crippen LogP contribution in [0.3, 0.4) is 0 Å². The lowest BCUT2D eigenvalue weighted by Crippen LogP contribution is -2.26. The van der Waals surface area contributed by atoms with E-state index in [1.807, 2.05) is 0 Å². The number of likely N-dealkylation sites (tertiary alicyclic amines) is 1. The van der Waals surface area contributed by atoms with Crippen LogP contribution in [0.2, 0.25) is 5.02 Å². The van der Waals surface area contributed by atoms with E-state index in [1.54, 1.807) is 18.2 Å². The normalized spacial score (nSPS) is 22.1. The summed E-state index contributed by atoms with van der Waals surface area (Å²) in [7, 11) is 0. The van der Waals surface area contributed by atoms with E-state index in [9.17, 15) is 5.11 Å². The first-order chi connectivity index (χ1) is 7.15. The Kier molecular flexibility index (Phi) is 3.14. The maximum absolute atomic E-state index is 9.64. The quantitative estimate of drug-likeness (QED) is 0.805. The molecule has 1 heterocycles. The summed E-state index contributed by atoms with van der Waals surface area (Å²) in [4.78, 5) is 2.23. The maximum atomic E-state index is 9.64. The van der Waals surface area contributed by atoms with Crippen molar-refractivity contribution in [3.05, 3.63) is 28.8 Å². The van der Waals surface area contributed by atoms with Crippen molar-refractivity contribution in [2.75, 3.05) is 13.1 Å². The molecule has 0 bridgehead atoms. The Morgan fingerprint density at radius 3 is 3.00 bits per heavy atom. The molecule has 1 aliphatic rings. The number of nitrogens with zero attached hydrogens (tertiary/aromatic N) is 1. The van der Waals surface area contributed by atoms with Crippen molar-refractivity contribution in [2.45, 2.75) is 19.0 Å². The van der Waals surface area contributed by atoms with Crippen LogP contribution in [0.15, 0.2) is 18.2 Å². The SMILES string of the molecule is NC1CCN(Cc2cc(Cl)ccc2O)C1. The fourth-order valence-electron chi connectivity index (χ4n) is 1.93. The zero-order valence-corrected chi connectivity index (χ0v) is 9.24. The second-order valence-electron chi connectivity index (χ2n) is 4.06. The van der Waals surface area contributed by atoms with Crippen molar-refractivity contribution in [1.82, 2.24) is 4.90 Å². The first-order valence-corrected chi connectivity index (χ1v) is 5.48. The summed E-state index contributed by atoms with van der Waals surface area (Å²) >= 11 is 5.88. The third-order valence-electron chi connectivity index (χ3n) is 2.74. The molecule has 0 saturated carbocycles. The van der Waals surface area contributed by atoms with Crippen LogP contribution in [-0.4, -0.2) is 29.1 Å². The molecule has 1 aliphatic heterocycles. The Labute approximate surface area is 94.4 Å². The van der Waals surface area contributed by atoms with E-state index in [2.05, 4.69) is 4.90 Å². The Hall–Kier alpha value is -0.770. The number of benzene rings is 1. The Morgan fingerprint density at radius 2 is 2.33 bits per heavy atom. The molecule has 1 aromatic carbocycles. The van der Waals surface area contributed by atoms with Gasteiger partial charge in [-0.05, 0) is 24.6 Å². The van der Waals surface area contributed by atoms with Gasteiger partial charge in [0.05, 0.1) is 0 Å². The number of hydrogen-bond acceptors (Lipinski definition) is 3. The van der Waals surface area contributed by atoms with Crippen LogP contribution in [0.4, 0.5) is 0 Å². The third kappa shape index (κ3) is 2.62. The zero-order valence-electron chi connectivity index (χ0n) is 8.49. The van der Waals surface area contributed by atoms with E-state index in [-0.39, 0.29) is 6.04 Å². The van der Waals surface area contributed by atoms with Crippen molar-refractivity contribution in [1.29, 1.82) is 0 Å². The first-order valence-electron chi connectivity index (χ1n) is 5.10. The van der Waals surface area contributed by atoms with Crippen molar-refractivity contribution in [2.24, 2.45) is 5.73 Å². The van der Waals surface area contributed by atoms with Crippen molar-refractivity contribution >= 4 is 11.6 Å². The number of aromatic hydroxyl groups is 1. The summed E-state index contributed by atoms with van der Waals surface area (Å²) in [5, 5.41) is 10.3. The minimum atomic E-state index is 0.270. The highest BCUT2D eigenvalue weighted by molar-refractivity contribution is 6.30. The molecular weight excluding hydrogens is 212 g/mol. The van der Waals surface area contributed by atoms with E-state index in [0.29, 0.717) is 10.8 Å². The molecule has 1 fully saturated rings. The monoisotopic (exact) mass is 226 g/mol. The number of halogens is 1. The van der Waals surface area contributed by atoms with Gasteiger partial charge in [0.1, 0.15) is 5.75 Å². The van der Waals surface area contributed by atoms with Gasteiger partial charge in [0.25, 0.3) is 0 Å². The molecule has 0 amide bonds. The summed E-state index contributed by atoms with van der Waals surface area (Å²) in [6.45, 7) is 2.61. The summed E-state index contributed by atoms with van der Waals surface area (Å²) in [5.74, 6) is 0.305. The molecule has 0 spiro atoms. The smallest absolute Gasteiger partial charge is 0.120 e. The largest absolute Gasteiger partial charge is 0.508 e. The van der Waals surface area contributed by atoms with Crippen molar-refractivity contribution < 1.29 is 5.11 Å². The average molecular weight is 227 g/mol. The molecule has 0 aliphatic carbocycles. The van der Waals surface area contributed by atoms with Crippen LogP contribution in [0.25, 0.3) is 0 Å². The Balaban J connectivity index is 2.07. The zero-order chi connectivity index (χ0) is 10.8. The summed E-state index contributed by atoms with van der Waals surface area (Å²) in [5.41, 5.74) is 6.69. The van der Waals surface area contributed by atoms with Gasteiger partial charge in [0.15, 0.2) is 0 Å². The first kappa shape index (κ1) is 10.7. The number of phenolic OH excluding ortho intramolecular Hbond substituents is 1. The van der Waals surface area contributed by atoms with Gasteiger partial charge in [-0.15, -0.1) is 0 Å². The molecule has 3 N–H and O–H groups in total. The lowest BCUT2D eigenvalue weighted by atomic mass is 10.2. The number of hydrogen-bond donors (Lipinski definition) is 2. The molecule has 1 aromatic rings. The molecule has 4 heteroatoms. The van der Waals surface area contributed by atoms with E-state index in [1.165, 1.54) is 0 Å². The number of rotatable bonds is 2. The fourth-order valence-corrected chi connectivity index (χ4v) is 2.12. The molecule has 0 aromatic heterocycles. The Morgan fingerprint density at radius 1 is 1.53 bits per heavy atom. The topological polar surface area (TPSA) is 49.5 Å². The van der Waals surface area contributed by atoms with Gasteiger partial charge < -0.3 is 10.8 Å². The Bertz CT molecular complexity index is 356. The maximum Gasteiger partial charge on any atom is 0.120 e. The van der Waals surface area contributed by atoms with Gasteiger partial charge in [0.2, 0.25) is 0 Å². The summed E-state index contributed by atoms with van der Waals surface area (Å²) in [6.07, 6.45) is 1.03. The van der Waals surface area contributed by atoms with Crippen LogP contribution >= 0.6 is 11.6 Å². The molecule has 3 nitrogen and oxygen atoms in total. The number of phenols is 1. The van der Waals surface area contributed by atoms with Crippen LogP contribution in [0.5, 0.6) is 5.75 Å². The second-order valence-corrected chi connectivity index (χ2v) is 4.49. The lowest BCUT2D eigenvalue weighted by molar-refractivity contribution is 0.320. The van der Waals surface area contributed by atoms with Crippen LogP contribution in [0.1, 0.15) is 12.0 Å². The predicted molar refractivity (Wildman–Crippen MR) is 61.0 cm³/mol. The van der Waals surface area contributed by atoms with Crippen molar-refractivity contribution in [3.63, 3.8) is 0 Å². The van der Waals surface area contributed by atoms with Gasteiger partial charge >= 0.3 is 0 Å². The van der Waals surface area contributed by atoms with Gasteiger partial charge in [0, 0.05) is 36.3 Å². The molecule has 1 unspecified atom stereocenters. The van der Waals surface area contributed by atoms with E-state index < -0.39 is 0 Å². The highest BCUT2D eigenvalue weighted by Gasteiger charge is 2.19. The van der Waals surface area contributed by atoms with Gasteiger partial charge in [-0.25, -0.2) is 0 Å². The van der Waals surface area contributed by atoms with Crippen LogP contribution in [0, 0.1) is 0 Å². The van der Waals surface area contributed by atoms with E-state index in [4.69, 9.17) is 17.3 Å². The summed E-state index contributed by atoms with van der Waals surface area (Å²) in [6, 6.07) is 5.40. The fraction of sp³-hybridized carbons (Fsp3) is 0.455. The van der Waals surface area contributed by atoms with Crippen LogP contribution < -0.4 is 5.73 Å². The van der Waals surface area contributed by atoms with Gasteiger partial charge in [-0.3, -0.25) is 4.90 Å². The number of nitrogens with two attached hydrogens (primary N) is 1. The second kappa shape index (κ2) is 4.39. The molecular formula is C11H15ClN2O. The van der Waals surface area contributed by atoms with Gasteiger partial charge in [-0.1, -0.05) is 11.6 Å². The minimum absolute atomic E-state index is 0.270. The van der Waals surface area contributed by atoms with E-state index in [0.717, 1.165) is 31.6 Å². The predicted octanol–water partition coefficient (Wildman–Crippen LogP) is 1.58. The molecule has 15 heavy (non-hydrogen) atoms. The highest BCUT2D eigenvalue weighted by atomic mass is 35.5. The van der Waals surface area contributed by atoms with Crippen molar-refractivity contribution in [3.8, 4) is 5.75 Å². The van der Waals surface area contributed by atoms with Crippen LogP contribution in [-0.2, 0) is 6.54 Å². The third-order valence-corrected chi connectivity index (χ3v) is 2.98. The lowest BCUT2D eigenvalue weighted by Gasteiger charge is -2.16. The minimum Gasteiger partial charge on any atom is -0.508 e. The van der Waals surface area contributed by atoms with Gasteiger partial charge in [-0.2, -0.15) is 0 Å². The van der Waals surface area contributed by atoms with E-state index >= 15 is 0 Å². The molecule has 2 rings (SSSR count). The molecule has 82 valence electrons. The molecule has 1 atom stereocenters. The molecule has 1 saturated heterocycles. The average Bonchev–Trinajstić information content (AvgIpc) is 2.58. The molecule has 0 radical (unpaired) electrons. The summed E-state index contributed by atoms with van der Waals surface area (Å²) < 4.78 is 0. The highest BCUT2D eigenvalue weighted by Crippen LogP contribution is 2.24.